The standard InChI is InChI=1S/C17H26N2O3.ClH/c1-13-4-3-9-19(10-13)11-16(21)12-22-17-7-5-15(6-8-17)18-14(2)20;/h5-8,13,16,21H,3-4,9-12H2,1-2H3,(H,18,20);1H. The van der Waals surface area contributed by atoms with Crippen molar-refractivity contribution in [2.24, 2.45) is 5.92 Å². The lowest BCUT2D eigenvalue weighted by Crippen LogP contribution is -2.41. The number of piperidine rings is 1. The molecule has 0 aromatic heterocycles. The summed E-state index contributed by atoms with van der Waals surface area (Å²) >= 11 is 0. The fourth-order valence-electron chi connectivity index (χ4n) is 2.83. The van der Waals surface area contributed by atoms with Gasteiger partial charge in [0.2, 0.25) is 5.91 Å². The number of carbonyl (C=O) groups excluding carboxylic acids is 1. The molecule has 130 valence electrons. The first-order valence-corrected chi connectivity index (χ1v) is 7.94. The van der Waals surface area contributed by atoms with E-state index in [-0.39, 0.29) is 24.9 Å². The second-order valence-corrected chi connectivity index (χ2v) is 6.18. The van der Waals surface area contributed by atoms with Crippen LogP contribution in [0.2, 0.25) is 0 Å². The number of likely N-dealkylation sites (tertiary alicyclic amines) is 1. The van der Waals surface area contributed by atoms with Gasteiger partial charge in [-0.15, -0.1) is 12.4 Å². The van der Waals surface area contributed by atoms with Crippen LogP contribution in [0.1, 0.15) is 26.7 Å². The Kier molecular flexibility index (Phi) is 8.37. The van der Waals surface area contributed by atoms with Crippen molar-refractivity contribution in [2.75, 3.05) is 31.6 Å². The molecule has 1 aliphatic rings. The van der Waals surface area contributed by atoms with Crippen LogP contribution < -0.4 is 10.1 Å². The van der Waals surface area contributed by atoms with E-state index in [9.17, 15) is 9.90 Å². The zero-order valence-electron chi connectivity index (χ0n) is 13.8. The lowest BCUT2D eigenvalue weighted by Gasteiger charge is -2.32. The van der Waals surface area contributed by atoms with E-state index in [4.69, 9.17) is 4.74 Å². The van der Waals surface area contributed by atoms with Gasteiger partial charge in [0, 0.05) is 25.7 Å². The third-order valence-corrected chi connectivity index (χ3v) is 3.83. The van der Waals surface area contributed by atoms with Crippen molar-refractivity contribution in [3.8, 4) is 5.75 Å². The van der Waals surface area contributed by atoms with E-state index < -0.39 is 6.10 Å². The molecule has 0 radical (unpaired) electrons. The number of anilines is 1. The fraction of sp³-hybridized carbons (Fsp3) is 0.588. The molecule has 2 rings (SSSR count). The number of amides is 1. The number of benzene rings is 1. The third-order valence-electron chi connectivity index (χ3n) is 3.83. The number of aliphatic hydroxyl groups is 1. The zero-order valence-corrected chi connectivity index (χ0v) is 14.6. The van der Waals surface area contributed by atoms with Gasteiger partial charge < -0.3 is 20.1 Å². The average Bonchev–Trinajstić information content (AvgIpc) is 2.46. The maximum absolute atomic E-state index is 10.9. The van der Waals surface area contributed by atoms with Crippen LogP contribution in [0.15, 0.2) is 24.3 Å². The summed E-state index contributed by atoms with van der Waals surface area (Å²) in [5.41, 5.74) is 0.739. The molecule has 2 unspecified atom stereocenters. The van der Waals surface area contributed by atoms with Gasteiger partial charge in [-0.3, -0.25) is 4.79 Å². The van der Waals surface area contributed by atoms with E-state index in [0.717, 1.165) is 18.8 Å². The van der Waals surface area contributed by atoms with Crippen LogP contribution in [0, 0.1) is 5.92 Å². The Morgan fingerprint density at radius 3 is 2.74 bits per heavy atom. The number of nitrogens with one attached hydrogen (secondary N) is 1. The minimum atomic E-state index is -0.486. The van der Waals surface area contributed by atoms with Crippen molar-refractivity contribution in [3.63, 3.8) is 0 Å². The summed E-state index contributed by atoms with van der Waals surface area (Å²) in [4.78, 5) is 13.3. The van der Waals surface area contributed by atoms with Crippen LogP contribution in [-0.2, 0) is 4.79 Å². The first kappa shape index (κ1) is 19.7. The van der Waals surface area contributed by atoms with E-state index >= 15 is 0 Å². The Bertz CT molecular complexity index is 481. The van der Waals surface area contributed by atoms with Crippen LogP contribution in [0.4, 0.5) is 5.69 Å². The maximum atomic E-state index is 10.9. The summed E-state index contributed by atoms with van der Waals surface area (Å²) < 4.78 is 5.61. The Labute approximate surface area is 144 Å². The Balaban J connectivity index is 0.00000264. The second-order valence-electron chi connectivity index (χ2n) is 6.18. The minimum absolute atomic E-state index is 0. The lowest BCUT2D eigenvalue weighted by atomic mass is 10.0. The topological polar surface area (TPSA) is 61.8 Å². The van der Waals surface area contributed by atoms with Crippen molar-refractivity contribution in [3.05, 3.63) is 24.3 Å². The first-order chi connectivity index (χ1) is 10.5. The van der Waals surface area contributed by atoms with Crippen LogP contribution in [0.5, 0.6) is 5.75 Å². The molecule has 1 saturated heterocycles. The van der Waals surface area contributed by atoms with Crippen molar-refractivity contribution in [1.29, 1.82) is 0 Å². The van der Waals surface area contributed by atoms with E-state index in [1.165, 1.54) is 19.8 Å². The molecule has 1 aromatic rings. The molecule has 1 heterocycles. The monoisotopic (exact) mass is 342 g/mol. The van der Waals surface area contributed by atoms with Crippen LogP contribution in [-0.4, -0.2) is 48.3 Å². The van der Waals surface area contributed by atoms with Crippen molar-refractivity contribution < 1.29 is 14.6 Å². The molecule has 2 atom stereocenters. The molecular formula is C17H27ClN2O3. The minimum Gasteiger partial charge on any atom is -0.491 e. The Morgan fingerprint density at radius 1 is 1.43 bits per heavy atom. The average molecular weight is 343 g/mol. The van der Waals surface area contributed by atoms with Gasteiger partial charge in [-0.25, -0.2) is 0 Å². The number of hydrogen-bond donors (Lipinski definition) is 2. The van der Waals surface area contributed by atoms with E-state index in [1.54, 1.807) is 24.3 Å². The van der Waals surface area contributed by atoms with E-state index in [1.807, 2.05) is 0 Å². The highest BCUT2D eigenvalue weighted by Crippen LogP contribution is 2.17. The van der Waals surface area contributed by atoms with E-state index in [0.29, 0.717) is 18.2 Å². The molecule has 0 spiro atoms. The SMILES string of the molecule is CC(=O)Nc1ccc(OCC(O)CN2CCCC(C)C2)cc1.Cl. The van der Waals surface area contributed by atoms with Crippen LogP contribution >= 0.6 is 12.4 Å². The highest BCUT2D eigenvalue weighted by molar-refractivity contribution is 5.88. The first-order valence-electron chi connectivity index (χ1n) is 7.94. The normalized spacial score (nSPS) is 19.5. The van der Waals surface area contributed by atoms with Gasteiger partial charge in [0.05, 0.1) is 0 Å². The smallest absolute Gasteiger partial charge is 0.221 e. The highest BCUT2D eigenvalue weighted by Gasteiger charge is 2.19. The molecule has 0 aliphatic carbocycles. The van der Waals surface area contributed by atoms with Crippen molar-refractivity contribution in [2.45, 2.75) is 32.8 Å². The molecule has 5 nitrogen and oxygen atoms in total. The van der Waals surface area contributed by atoms with Gasteiger partial charge in [0.15, 0.2) is 0 Å². The highest BCUT2D eigenvalue weighted by atomic mass is 35.5. The predicted molar refractivity (Wildman–Crippen MR) is 94.3 cm³/mol. The number of aliphatic hydroxyl groups excluding tert-OH is 1. The molecule has 1 aliphatic heterocycles. The lowest BCUT2D eigenvalue weighted by molar-refractivity contribution is -0.114. The van der Waals surface area contributed by atoms with Gasteiger partial charge in [-0.05, 0) is 49.6 Å². The second kappa shape index (κ2) is 9.75. The summed E-state index contributed by atoms with van der Waals surface area (Å²) in [6.07, 6.45) is 2.00. The summed E-state index contributed by atoms with van der Waals surface area (Å²) in [6.45, 7) is 6.79. The number of rotatable bonds is 6. The summed E-state index contributed by atoms with van der Waals surface area (Å²) in [5.74, 6) is 1.31. The third kappa shape index (κ3) is 7.20. The zero-order chi connectivity index (χ0) is 15.9. The molecule has 0 saturated carbocycles. The van der Waals surface area contributed by atoms with Gasteiger partial charge in [0.1, 0.15) is 18.5 Å². The summed E-state index contributed by atoms with van der Waals surface area (Å²) in [7, 11) is 0. The molecule has 1 amide bonds. The number of halogens is 1. The summed E-state index contributed by atoms with van der Waals surface area (Å²) in [5, 5.41) is 12.8. The molecule has 1 aromatic carbocycles. The van der Waals surface area contributed by atoms with Gasteiger partial charge in [-0.2, -0.15) is 0 Å². The number of β-amino-alcohol motifs (C(OH)–C–C–N with tert-alkyl or cyclic N) is 1. The molecule has 1 fully saturated rings. The van der Waals surface area contributed by atoms with Gasteiger partial charge in [0.25, 0.3) is 0 Å². The number of nitrogens with zero attached hydrogens (tertiary/aromatic N) is 1. The Hall–Kier alpha value is -1.30. The Morgan fingerprint density at radius 2 is 2.13 bits per heavy atom. The fourth-order valence-corrected chi connectivity index (χ4v) is 2.83. The largest absolute Gasteiger partial charge is 0.491 e. The molecule has 0 bridgehead atoms. The van der Waals surface area contributed by atoms with Gasteiger partial charge >= 0.3 is 0 Å². The molecular weight excluding hydrogens is 316 g/mol. The predicted octanol–water partition coefficient (Wildman–Crippen LogP) is 2.54. The molecule has 23 heavy (non-hydrogen) atoms. The van der Waals surface area contributed by atoms with Crippen molar-refractivity contribution >= 4 is 24.0 Å². The van der Waals surface area contributed by atoms with Crippen LogP contribution in [0.3, 0.4) is 0 Å². The number of hydrogen-bond acceptors (Lipinski definition) is 4. The van der Waals surface area contributed by atoms with Crippen molar-refractivity contribution in [1.82, 2.24) is 4.90 Å². The number of ether oxygens (including phenoxy) is 1. The summed E-state index contributed by atoms with van der Waals surface area (Å²) in [6, 6.07) is 7.16. The van der Waals surface area contributed by atoms with Crippen LogP contribution in [0.25, 0.3) is 0 Å². The molecule has 6 heteroatoms. The van der Waals surface area contributed by atoms with E-state index in [2.05, 4.69) is 17.1 Å². The number of carbonyl (C=O) groups is 1. The molecule has 2 N–H and O–H groups in total. The van der Waals surface area contributed by atoms with Gasteiger partial charge in [-0.1, -0.05) is 6.92 Å². The quantitative estimate of drug-likeness (QED) is 0.834. The maximum Gasteiger partial charge on any atom is 0.221 e.